The third kappa shape index (κ3) is 5.67. The number of sulfonamides is 1. The molecule has 0 atom stereocenters. The summed E-state index contributed by atoms with van der Waals surface area (Å²) in [6.45, 7) is 0.268. The van der Waals surface area contributed by atoms with Crippen molar-refractivity contribution in [3.05, 3.63) is 51.2 Å². The van der Waals surface area contributed by atoms with Gasteiger partial charge in [0, 0.05) is 22.0 Å². The number of benzene rings is 1. The highest BCUT2D eigenvalue weighted by atomic mass is 35.5. The molecule has 0 saturated heterocycles. The normalized spacial score (nSPS) is 11.6. The summed E-state index contributed by atoms with van der Waals surface area (Å²) < 4.78 is 24.6. The topological polar surface area (TPSA) is 107 Å². The molecule has 0 unspecified atom stereocenters. The number of halogens is 1. The largest absolute Gasteiger partial charge is 0.291 e. The second kappa shape index (κ2) is 8.26. The van der Waals surface area contributed by atoms with Crippen LogP contribution < -0.4 is 4.72 Å². The number of rotatable bonds is 8. The van der Waals surface area contributed by atoms with Crippen LogP contribution in [0.1, 0.15) is 14.5 Å². The number of hydrogen-bond donors (Lipinski definition) is 1. The molecule has 2 heterocycles. The number of carbonyl (C=O) groups excluding carboxylic acids is 1. The highest BCUT2D eigenvalue weighted by Crippen LogP contribution is 2.19. The molecule has 1 aromatic carbocycles. The molecule has 3 rings (SSSR count). The summed E-state index contributed by atoms with van der Waals surface area (Å²) in [7, 11) is -3.21. The maximum Gasteiger partial charge on any atom is 0.208 e. The molecule has 0 aliphatic heterocycles. The fraction of sp³-hybridized carbons (Fsp3) is 0.250. The minimum absolute atomic E-state index is 0.0257. The summed E-state index contributed by atoms with van der Waals surface area (Å²) in [4.78, 5) is 15.1. The first-order valence-electron chi connectivity index (χ1n) is 7.90. The number of nitrogens with one attached hydrogen (secondary N) is 1. The van der Waals surface area contributed by atoms with Gasteiger partial charge in [-0.3, -0.25) is 4.79 Å². The van der Waals surface area contributed by atoms with Crippen molar-refractivity contribution < 1.29 is 13.2 Å². The first kappa shape index (κ1) is 19.6. The number of thiophene rings is 1. The molecular weight excluding hydrogens is 410 g/mol. The van der Waals surface area contributed by atoms with Crippen molar-refractivity contribution in [2.45, 2.75) is 13.0 Å². The van der Waals surface area contributed by atoms with Gasteiger partial charge in [0.05, 0.1) is 11.1 Å². The Morgan fingerprint density at radius 1 is 1.22 bits per heavy atom. The zero-order valence-electron chi connectivity index (χ0n) is 14.3. The van der Waals surface area contributed by atoms with Crippen molar-refractivity contribution in [3.8, 4) is 11.4 Å². The van der Waals surface area contributed by atoms with Gasteiger partial charge in [0.15, 0.2) is 5.78 Å². The van der Waals surface area contributed by atoms with Gasteiger partial charge < -0.3 is 0 Å². The summed E-state index contributed by atoms with van der Waals surface area (Å²) in [5.74, 6) is 0.278. The van der Waals surface area contributed by atoms with E-state index in [9.17, 15) is 13.2 Å². The lowest BCUT2D eigenvalue weighted by Crippen LogP contribution is -2.24. The molecule has 0 radical (unpaired) electrons. The lowest BCUT2D eigenvalue weighted by molar-refractivity contribution is 0.0965. The molecule has 3 aromatic rings. The standard InChI is InChI=1S/C16H16ClN5O3S2/c1-27(24,25)18-9-8-13-6-7-15(26-13)14(23)10-22-20-16(19-21-22)11-2-4-12(17)5-3-11/h2-7,18H,8-10H2,1H3. The molecule has 2 aromatic heterocycles. The van der Waals surface area contributed by atoms with Gasteiger partial charge in [-0.1, -0.05) is 11.6 Å². The summed E-state index contributed by atoms with van der Waals surface area (Å²) in [5, 5.41) is 12.7. The monoisotopic (exact) mass is 425 g/mol. The highest BCUT2D eigenvalue weighted by molar-refractivity contribution is 7.88. The molecule has 0 fully saturated rings. The second-order valence-corrected chi connectivity index (χ2v) is 9.19. The predicted molar refractivity (Wildman–Crippen MR) is 103 cm³/mol. The van der Waals surface area contributed by atoms with Crippen LogP contribution in [-0.4, -0.2) is 47.2 Å². The van der Waals surface area contributed by atoms with Gasteiger partial charge in [-0.25, -0.2) is 13.1 Å². The van der Waals surface area contributed by atoms with Crippen molar-refractivity contribution in [2.24, 2.45) is 0 Å². The molecule has 27 heavy (non-hydrogen) atoms. The van der Waals surface area contributed by atoms with E-state index in [0.29, 0.717) is 28.7 Å². The van der Waals surface area contributed by atoms with Gasteiger partial charge in [0.2, 0.25) is 15.8 Å². The van der Waals surface area contributed by atoms with Crippen LogP contribution in [0, 0.1) is 0 Å². The maximum atomic E-state index is 12.4. The Labute approximate surface area is 165 Å². The van der Waals surface area contributed by atoms with Crippen molar-refractivity contribution in [2.75, 3.05) is 12.8 Å². The van der Waals surface area contributed by atoms with Crippen LogP contribution in [0.3, 0.4) is 0 Å². The van der Waals surface area contributed by atoms with E-state index in [1.807, 2.05) is 6.07 Å². The zero-order chi connectivity index (χ0) is 19.4. The third-order valence-corrected chi connectivity index (χ3v) is 5.68. The minimum atomic E-state index is -3.21. The average Bonchev–Trinajstić information content (AvgIpc) is 3.24. The molecular formula is C16H16ClN5O3S2. The smallest absolute Gasteiger partial charge is 0.208 e. The molecule has 8 nitrogen and oxygen atoms in total. The van der Waals surface area contributed by atoms with Crippen molar-refractivity contribution >= 4 is 38.7 Å². The molecule has 11 heteroatoms. The Kier molecular flexibility index (Phi) is 6.00. The van der Waals surface area contributed by atoms with Crippen LogP contribution in [0.25, 0.3) is 11.4 Å². The van der Waals surface area contributed by atoms with E-state index >= 15 is 0 Å². The fourth-order valence-corrected chi connectivity index (χ4v) is 3.79. The first-order chi connectivity index (χ1) is 12.8. The van der Waals surface area contributed by atoms with Crippen molar-refractivity contribution in [1.29, 1.82) is 0 Å². The summed E-state index contributed by atoms with van der Waals surface area (Å²) in [6.07, 6.45) is 1.63. The van der Waals surface area contributed by atoms with E-state index in [1.165, 1.54) is 16.1 Å². The van der Waals surface area contributed by atoms with Crippen LogP contribution in [0.15, 0.2) is 36.4 Å². The molecule has 142 valence electrons. The molecule has 0 aliphatic rings. The average molecular weight is 426 g/mol. The number of nitrogens with zero attached hydrogens (tertiary/aromatic N) is 4. The number of tetrazole rings is 1. The second-order valence-electron chi connectivity index (χ2n) is 5.76. The molecule has 0 aliphatic carbocycles. The molecule has 0 amide bonds. The minimum Gasteiger partial charge on any atom is -0.291 e. The van der Waals surface area contributed by atoms with Crippen LogP contribution in [0.5, 0.6) is 0 Å². The van der Waals surface area contributed by atoms with Gasteiger partial charge in [-0.15, -0.1) is 21.5 Å². The van der Waals surface area contributed by atoms with E-state index in [2.05, 4.69) is 20.1 Å². The Bertz CT molecular complexity index is 1040. The van der Waals surface area contributed by atoms with Crippen LogP contribution in [0.2, 0.25) is 5.02 Å². The number of Topliss-reactive ketones (excluding diaryl/α,β-unsaturated/α-hetero) is 1. The Morgan fingerprint density at radius 3 is 2.67 bits per heavy atom. The molecule has 0 spiro atoms. The Balaban J connectivity index is 1.60. The highest BCUT2D eigenvalue weighted by Gasteiger charge is 2.13. The summed E-state index contributed by atoms with van der Waals surface area (Å²) >= 11 is 7.19. The molecule has 0 bridgehead atoms. The number of carbonyl (C=O) groups is 1. The summed E-state index contributed by atoms with van der Waals surface area (Å²) in [5.41, 5.74) is 0.759. The van der Waals surface area contributed by atoms with E-state index < -0.39 is 10.0 Å². The fourth-order valence-electron chi connectivity index (χ4n) is 2.25. The van der Waals surface area contributed by atoms with Gasteiger partial charge in [-0.05, 0) is 48.0 Å². The Hall–Kier alpha value is -2.14. The van der Waals surface area contributed by atoms with Crippen molar-refractivity contribution in [3.63, 3.8) is 0 Å². The maximum absolute atomic E-state index is 12.4. The Morgan fingerprint density at radius 2 is 1.96 bits per heavy atom. The van der Waals surface area contributed by atoms with E-state index in [1.54, 1.807) is 30.3 Å². The van der Waals surface area contributed by atoms with Crippen LogP contribution >= 0.6 is 22.9 Å². The number of ketones is 1. The van der Waals surface area contributed by atoms with Gasteiger partial charge in [0.1, 0.15) is 6.54 Å². The van der Waals surface area contributed by atoms with Gasteiger partial charge in [-0.2, -0.15) is 4.80 Å². The lowest BCUT2D eigenvalue weighted by Gasteiger charge is -1.99. The van der Waals surface area contributed by atoms with Crippen molar-refractivity contribution in [1.82, 2.24) is 24.9 Å². The van der Waals surface area contributed by atoms with Crippen LogP contribution in [0.4, 0.5) is 0 Å². The van der Waals surface area contributed by atoms with E-state index in [-0.39, 0.29) is 12.3 Å². The van der Waals surface area contributed by atoms with E-state index in [4.69, 9.17) is 11.6 Å². The number of aromatic nitrogens is 4. The predicted octanol–water partition coefficient (Wildman–Crippen LogP) is 2.03. The van der Waals surface area contributed by atoms with Gasteiger partial charge >= 0.3 is 0 Å². The summed E-state index contributed by atoms with van der Waals surface area (Å²) in [6, 6.07) is 10.6. The zero-order valence-corrected chi connectivity index (χ0v) is 16.7. The SMILES string of the molecule is CS(=O)(=O)NCCc1ccc(C(=O)Cn2nnc(-c3ccc(Cl)cc3)n2)s1. The van der Waals surface area contributed by atoms with E-state index in [0.717, 1.165) is 16.7 Å². The number of hydrogen-bond acceptors (Lipinski definition) is 7. The van der Waals surface area contributed by atoms with Gasteiger partial charge in [0.25, 0.3) is 0 Å². The quantitative estimate of drug-likeness (QED) is 0.553. The third-order valence-electron chi connectivity index (χ3n) is 3.51. The molecule has 0 saturated carbocycles. The lowest BCUT2D eigenvalue weighted by atomic mass is 10.2. The van der Waals surface area contributed by atoms with Crippen LogP contribution in [-0.2, 0) is 23.0 Å². The first-order valence-corrected chi connectivity index (χ1v) is 11.0. The molecule has 1 N–H and O–H groups in total.